The first-order valence-corrected chi connectivity index (χ1v) is 9.25. The Morgan fingerprint density at radius 2 is 1.33 bits per heavy atom. The molecule has 3 rings (SSSR count). The van der Waals surface area contributed by atoms with Gasteiger partial charge in [0.25, 0.3) is 5.56 Å². The van der Waals surface area contributed by atoms with E-state index in [4.69, 9.17) is 0 Å². The number of nitrogens with zero attached hydrogens (tertiary/aromatic N) is 2. The van der Waals surface area contributed by atoms with Crippen molar-refractivity contribution in [3.63, 3.8) is 0 Å². The molecule has 0 spiro atoms. The molecule has 0 atom stereocenters. The Labute approximate surface area is 158 Å². The summed E-state index contributed by atoms with van der Waals surface area (Å²) in [5.41, 5.74) is 1.17. The molecule has 0 radical (unpaired) electrons. The summed E-state index contributed by atoms with van der Waals surface area (Å²) in [5, 5.41) is 10.7. The molecule has 1 N–H and O–H groups in total. The molecule has 5 nitrogen and oxygen atoms in total. The van der Waals surface area contributed by atoms with Crippen molar-refractivity contribution in [2.24, 2.45) is 0 Å². The highest BCUT2D eigenvalue weighted by molar-refractivity contribution is 5.26. The van der Waals surface area contributed by atoms with Gasteiger partial charge in [-0.1, -0.05) is 74.0 Å². The smallest absolute Gasteiger partial charge is 0.334 e. The second-order valence-electron chi connectivity index (χ2n) is 6.64. The Kier molecular flexibility index (Phi) is 5.91. The average Bonchev–Trinajstić information content (AvgIpc) is 2.70. The average molecular weight is 364 g/mol. The Morgan fingerprint density at radius 3 is 1.85 bits per heavy atom. The van der Waals surface area contributed by atoms with Gasteiger partial charge in [-0.25, -0.2) is 4.79 Å². The van der Waals surface area contributed by atoms with E-state index < -0.39 is 11.2 Å². The van der Waals surface area contributed by atoms with Gasteiger partial charge in [-0.05, 0) is 24.0 Å². The monoisotopic (exact) mass is 364 g/mol. The first kappa shape index (κ1) is 18.7. The van der Waals surface area contributed by atoms with Gasteiger partial charge in [0.2, 0.25) is 5.88 Å². The summed E-state index contributed by atoms with van der Waals surface area (Å²) in [6.07, 6.45) is 2.12. The van der Waals surface area contributed by atoms with Crippen LogP contribution in [0.15, 0.2) is 70.3 Å². The van der Waals surface area contributed by atoms with Gasteiger partial charge in [-0.3, -0.25) is 13.9 Å². The van der Waals surface area contributed by atoms with Crippen LogP contribution in [0.2, 0.25) is 0 Å². The van der Waals surface area contributed by atoms with Crippen LogP contribution in [0.1, 0.15) is 36.5 Å². The van der Waals surface area contributed by atoms with Gasteiger partial charge >= 0.3 is 5.69 Å². The highest BCUT2D eigenvalue weighted by Gasteiger charge is 2.18. The third kappa shape index (κ3) is 4.19. The molecule has 0 saturated heterocycles. The van der Waals surface area contributed by atoms with Gasteiger partial charge in [0.15, 0.2) is 0 Å². The van der Waals surface area contributed by atoms with Gasteiger partial charge in [0, 0.05) is 0 Å². The molecule has 3 aromatic rings. The van der Waals surface area contributed by atoms with E-state index in [2.05, 4.69) is 0 Å². The number of unbranched alkanes of at least 4 members (excludes halogenated alkanes) is 1. The first-order valence-electron chi connectivity index (χ1n) is 9.25. The van der Waals surface area contributed by atoms with Crippen molar-refractivity contribution in [3.05, 3.63) is 98.2 Å². The van der Waals surface area contributed by atoms with Gasteiger partial charge < -0.3 is 5.11 Å². The van der Waals surface area contributed by atoms with Crippen LogP contribution in [0.3, 0.4) is 0 Å². The second-order valence-corrected chi connectivity index (χ2v) is 6.64. The third-order valence-corrected chi connectivity index (χ3v) is 4.64. The van der Waals surface area contributed by atoms with Crippen LogP contribution in [0.5, 0.6) is 5.88 Å². The summed E-state index contributed by atoms with van der Waals surface area (Å²) < 4.78 is 2.52. The van der Waals surface area contributed by atoms with Gasteiger partial charge in [0.1, 0.15) is 0 Å². The van der Waals surface area contributed by atoms with Crippen LogP contribution in [-0.4, -0.2) is 14.2 Å². The topological polar surface area (TPSA) is 64.2 Å². The van der Waals surface area contributed by atoms with Gasteiger partial charge in [0.05, 0.1) is 18.7 Å². The second kappa shape index (κ2) is 8.54. The van der Waals surface area contributed by atoms with Crippen LogP contribution >= 0.6 is 0 Å². The lowest BCUT2D eigenvalue weighted by Gasteiger charge is -2.16. The van der Waals surface area contributed by atoms with E-state index in [1.54, 1.807) is 0 Å². The number of hydrogen-bond donors (Lipinski definition) is 1. The highest BCUT2D eigenvalue weighted by atomic mass is 16.3. The molecule has 0 aliphatic heterocycles. The van der Waals surface area contributed by atoms with Crippen molar-refractivity contribution in [2.75, 3.05) is 0 Å². The van der Waals surface area contributed by atoms with Crippen LogP contribution in [0.4, 0.5) is 0 Å². The maximum absolute atomic E-state index is 13.0. The zero-order valence-corrected chi connectivity index (χ0v) is 15.5. The first-order chi connectivity index (χ1) is 13.1. The van der Waals surface area contributed by atoms with Crippen LogP contribution in [0, 0.1) is 0 Å². The Bertz CT molecular complexity index is 1010. The van der Waals surface area contributed by atoms with E-state index >= 15 is 0 Å². The van der Waals surface area contributed by atoms with Gasteiger partial charge in [-0.15, -0.1) is 0 Å². The fourth-order valence-electron chi connectivity index (χ4n) is 3.13. The van der Waals surface area contributed by atoms with Gasteiger partial charge in [-0.2, -0.15) is 0 Å². The maximum Gasteiger partial charge on any atom is 0.334 e. The lowest BCUT2D eigenvalue weighted by Crippen LogP contribution is -2.42. The largest absolute Gasteiger partial charge is 0.494 e. The van der Waals surface area contributed by atoms with Crippen LogP contribution < -0.4 is 11.2 Å². The molecular weight excluding hydrogens is 340 g/mol. The summed E-state index contributed by atoms with van der Waals surface area (Å²) in [4.78, 5) is 25.9. The third-order valence-electron chi connectivity index (χ3n) is 4.64. The van der Waals surface area contributed by atoms with Crippen molar-refractivity contribution in [3.8, 4) is 5.88 Å². The summed E-state index contributed by atoms with van der Waals surface area (Å²) in [7, 11) is 0. The van der Waals surface area contributed by atoms with E-state index in [1.807, 2.05) is 67.6 Å². The molecule has 0 aliphatic rings. The standard InChI is InChI=1S/C22H24N2O3/c1-2-3-14-19-20(25)23(15-17-10-6-4-7-11-17)22(27)24(21(19)26)16-18-12-8-5-9-13-18/h4-13,25H,2-3,14-16H2,1H3. The van der Waals surface area contributed by atoms with Crippen LogP contribution in [-0.2, 0) is 19.5 Å². The molecule has 1 aromatic heterocycles. The van der Waals surface area contributed by atoms with E-state index in [0.717, 1.165) is 24.0 Å². The molecular formula is C22H24N2O3. The lowest BCUT2D eigenvalue weighted by molar-refractivity contribution is 0.390. The van der Waals surface area contributed by atoms with Crippen molar-refractivity contribution in [1.82, 2.24) is 9.13 Å². The van der Waals surface area contributed by atoms with Crippen molar-refractivity contribution >= 4 is 0 Å². The van der Waals surface area contributed by atoms with Crippen LogP contribution in [0.25, 0.3) is 0 Å². The molecule has 27 heavy (non-hydrogen) atoms. The minimum absolute atomic E-state index is 0.187. The Balaban J connectivity index is 2.12. The number of rotatable bonds is 7. The minimum atomic E-state index is -0.495. The molecule has 5 heteroatoms. The molecule has 140 valence electrons. The Morgan fingerprint density at radius 1 is 0.815 bits per heavy atom. The van der Waals surface area contributed by atoms with E-state index in [1.165, 1.54) is 9.13 Å². The fraction of sp³-hybridized carbons (Fsp3) is 0.273. The Hall–Kier alpha value is -3.08. The summed E-state index contributed by atoms with van der Waals surface area (Å²) in [6, 6.07) is 18.9. The number of aromatic hydroxyl groups is 1. The van der Waals surface area contributed by atoms with E-state index in [9.17, 15) is 14.7 Å². The normalized spacial score (nSPS) is 10.9. The highest BCUT2D eigenvalue weighted by Crippen LogP contribution is 2.16. The molecule has 1 heterocycles. The molecule has 0 aliphatic carbocycles. The molecule has 0 amide bonds. The molecule has 2 aromatic carbocycles. The maximum atomic E-state index is 13.0. The van der Waals surface area contributed by atoms with Crippen molar-refractivity contribution in [1.29, 1.82) is 0 Å². The van der Waals surface area contributed by atoms with E-state index in [0.29, 0.717) is 12.0 Å². The summed E-state index contributed by atoms with van der Waals surface area (Å²) in [5.74, 6) is -0.216. The zero-order chi connectivity index (χ0) is 19.2. The predicted molar refractivity (Wildman–Crippen MR) is 106 cm³/mol. The zero-order valence-electron chi connectivity index (χ0n) is 15.5. The lowest BCUT2D eigenvalue weighted by atomic mass is 10.1. The number of hydrogen-bond acceptors (Lipinski definition) is 3. The van der Waals surface area contributed by atoms with E-state index in [-0.39, 0.29) is 19.0 Å². The predicted octanol–water partition coefficient (Wildman–Crippen LogP) is 3.15. The summed E-state index contributed by atoms with van der Waals surface area (Å²) >= 11 is 0. The number of benzene rings is 2. The molecule has 0 bridgehead atoms. The number of aromatic nitrogens is 2. The summed E-state index contributed by atoms with van der Waals surface area (Å²) in [6.45, 7) is 2.44. The van der Waals surface area contributed by atoms with Crippen molar-refractivity contribution in [2.45, 2.75) is 39.3 Å². The van der Waals surface area contributed by atoms with Crippen molar-refractivity contribution < 1.29 is 5.11 Å². The molecule has 0 unspecified atom stereocenters. The minimum Gasteiger partial charge on any atom is -0.494 e. The SMILES string of the molecule is CCCCc1c(O)n(Cc2ccccc2)c(=O)n(Cc2ccccc2)c1=O. The fourth-order valence-corrected chi connectivity index (χ4v) is 3.13. The quantitative estimate of drug-likeness (QED) is 0.700. The molecule has 0 fully saturated rings. The molecule has 0 saturated carbocycles.